The molecule has 0 unspecified atom stereocenters. The van der Waals surface area contributed by atoms with Crippen molar-refractivity contribution in [2.75, 3.05) is 24.3 Å². The van der Waals surface area contributed by atoms with Gasteiger partial charge in [-0.15, -0.1) is 0 Å². The lowest BCUT2D eigenvalue weighted by Gasteiger charge is -2.18. The minimum atomic E-state index is -0.378. The average molecular weight is 453 g/mol. The third-order valence-electron chi connectivity index (χ3n) is 4.65. The molecule has 11 heteroatoms. The number of benzene rings is 2. The SMILES string of the molecule is O=C(CSc1nc2c(cnn2-c2ccc(F)cc2)c(=O)[nH]1)Nc1ccc2c(c1)OCCO2. The predicted molar refractivity (Wildman–Crippen MR) is 116 cm³/mol. The van der Waals surface area contributed by atoms with E-state index in [0.717, 1.165) is 11.8 Å². The first kappa shape index (κ1) is 20.1. The minimum absolute atomic E-state index is 0.0214. The summed E-state index contributed by atoms with van der Waals surface area (Å²) in [6.45, 7) is 0.946. The number of halogens is 1. The summed E-state index contributed by atoms with van der Waals surface area (Å²) in [6, 6.07) is 10.8. The van der Waals surface area contributed by atoms with E-state index < -0.39 is 0 Å². The number of nitrogens with one attached hydrogen (secondary N) is 2. The van der Waals surface area contributed by atoms with Gasteiger partial charge in [0.05, 0.1) is 17.6 Å². The number of H-pyrrole nitrogens is 1. The third kappa shape index (κ3) is 4.02. The highest BCUT2D eigenvalue weighted by molar-refractivity contribution is 7.99. The zero-order valence-electron chi connectivity index (χ0n) is 16.5. The summed E-state index contributed by atoms with van der Waals surface area (Å²) in [4.78, 5) is 31.9. The van der Waals surface area contributed by atoms with E-state index in [4.69, 9.17) is 9.47 Å². The van der Waals surface area contributed by atoms with Gasteiger partial charge in [-0.1, -0.05) is 11.8 Å². The molecule has 162 valence electrons. The van der Waals surface area contributed by atoms with Crippen molar-refractivity contribution in [1.29, 1.82) is 0 Å². The van der Waals surface area contributed by atoms with E-state index >= 15 is 0 Å². The average Bonchev–Trinajstić information content (AvgIpc) is 3.23. The highest BCUT2D eigenvalue weighted by atomic mass is 32.2. The highest BCUT2D eigenvalue weighted by Gasteiger charge is 2.15. The molecule has 0 saturated heterocycles. The topological polar surface area (TPSA) is 111 Å². The fourth-order valence-corrected chi connectivity index (χ4v) is 3.85. The fraction of sp³-hybridized carbons (Fsp3) is 0.143. The second kappa shape index (κ2) is 8.35. The number of carbonyl (C=O) groups is 1. The van der Waals surface area contributed by atoms with Gasteiger partial charge < -0.3 is 19.8 Å². The number of carbonyl (C=O) groups excluding carboxylic acids is 1. The molecule has 0 spiro atoms. The van der Waals surface area contributed by atoms with Crippen LogP contribution in [0.3, 0.4) is 0 Å². The molecule has 2 aromatic carbocycles. The van der Waals surface area contributed by atoms with Gasteiger partial charge in [-0.05, 0) is 36.4 Å². The highest BCUT2D eigenvalue weighted by Crippen LogP contribution is 2.32. The Morgan fingerprint density at radius 3 is 2.75 bits per heavy atom. The summed E-state index contributed by atoms with van der Waals surface area (Å²) in [5, 5.41) is 7.53. The number of hydrogen-bond acceptors (Lipinski definition) is 7. The fourth-order valence-electron chi connectivity index (χ4n) is 3.19. The molecule has 5 rings (SSSR count). The van der Waals surface area contributed by atoms with Gasteiger partial charge in [0.25, 0.3) is 5.56 Å². The van der Waals surface area contributed by atoms with E-state index in [-0.39, 0.29) is 28.2 Å². The first-order chi connectivity index (χ1) is 15.6. The van der Waals surface area contributed by atoms with Gasteiger partial charge in [0.1, 0.15) is 24.4 Å². The van der Waals surface area contributed by atoms with Gasteiger partial charge in [-0.3, -0.25) is 9.59 Å². The van der Waals surface area contributed by atoms with Crippen molar-refractivity contribution in [3.05, 3.63) is 64.8 Å². The molecule has 2 N–H and O–H groups in total. The largest absolute Gasteiger partial charge is 0.486 e. The second-order valence-corrected chi connectivity index (χ2v) is 7.80. The first-order valence-corrected chi connectivity index (χ1v) is 10.6. The third-order valence-corrected chi connectivity index (χ3v) is 5.53. The molecule has 0 fully saturated rings. The Kier molecular flexibility index (Phi) is 5.23. The Bertz CT molecular complexity index is 1370. The maximum Gasteiger partial charge on any atom is 0.262 e. The Morgan fingerprint density at radius 2 is 1.94 bits per heavy atom. The Labute approximate surface area is 184 Å². The van der Waals surface area contributed by atoms with Crippen molar-refractivity contribution < 1.29 is 18.7 Å². The lowest BCUT2D eigenvalue weighted by molar-refractivity contribution is -0.113. The molecule has 1 amide bonds. The Hall–Kier alpha value is -3.86. The molecular formula is C21H16FN5O4S. The number of ether oxygens (including phenoxy) is 2. The van der Waals surface area contributed by atoms with Crippen molar-refractivity contribution in [3.8, 4) is 17.2 Å². The molecule has 0 aliphatic carbocycles. The van der Waals surface area contributed by atoms with Gasteiger partial charge >= 0.3 is 0 Å². The van der Waals surface area contributed by atoms with Gasteiger partial charge in [-0.25, -0.2) is 14.1 Å². The Morgan fingerprint density at radius 1 is 1.16 bits per heavy atom. The zero-order valence-corrected chi connectivity index (χ0v) is 17.3. The van der Waals surface area contributed by atoms with E-state index in [1.807, 2.05) is 0 Å². The molecule has 1 aliphatic rings. The van der Waals surface area contributed by atoms with Crippen LogP contribution < -0.4 is 20.3 Å². The summed E-state index contributed by atoms with van der Waals surface area (Å²) in [7, 11) is 0. The van der Waals surface area contributed by atoms with Crippen molar-refractivity contribution in [2.24, 2.45) is 0 Å². The van der Waals surface area contributed by atoms with Crippen LogP contribution in [0.15, 0.2) is 58.6 Å². The molecule has 0 saturated carbocycles. The molecule has 9 nitrogen and oxygen atoms in total. The maximum absolute atomic E-state index is 13.2. The predicted octanol–water partition coefficient (Wildman–Crippen LogP) is 2.75. The molecule has 2 aromatic heterocycles. The number of aromatic nitrogens is 4. The number of amides is 1. The second-order valence-electron chi connectivity index (χ2n) is 6.84. The van der Waals surface area contributed by atoms with E-state index in [1.165, 1.54) is 35.1 Å². The summed E-state index contributed by atoms with van der Waals surface area (Å²) < 4.78 is 25.7. The molecule has 0 atom stereocenters. The van der Waals surface area contributed by atoms with Crippen LogP contribution in [0, 0.1) is 5.82 Å². The summed E-state index contributed by atoms with van der Waals surface area (Å²) in [5.74, 6) is 0.578. The molecular weight excluding hydrogens is 437 g/mol. The van der Waals surface area contributed by atoms with Crippen LogP contribution >= 0.6 is 11.8 Å². The van der Waals surface area contributed by atoms with Gasteiger partial charge in [0.15, 0.2) is 22.3 Å². The lowest BCUT2D eigenvalue weighted by atomic mass is 10.2. The molecule has 4 aromatic rings. The molecule has 32 heavy (non-hydrogen) atoms. The molecule has 3 heterocycles. The van der Waals surface area contributed by atoms with Crippen LogP contribution in [0.25, 0.3) is 16.7 Å². The van der Waals surface area contributed by atoms with Crippen LogP contribution in [0.5, 0.6) is 11.5 Å². The van der Waals surface area contributed by atoms with Gasteiger partial charge in [0.2, 0.25) is 5.91 Å². The van der Waals surface area contributed by atoms with Gasteiger partial charge in [0, 0.05) is 11.8 Å². The number of hydrogen-bond donors (Lipinski definition) is 2. The standard InChI is InChI=1S/C21H16FN5O4S/c22-12-1-4-14(5-2-12)27-19-15(10-23-27)20(29)26-21(25-19)32-11-18(28)24-13-3-6-16-17(9-13)31-8-7-30-16/h1-6,9-10H,7-8,11H2,(H,24,28)(H,25,26,29). The summed E-state index contributed by atoms with van der Waals surface area (Å²) in [6.07, 6.45) is 1.40. The first-order valence-electron chi connectivity index (χ1n) is 9.63. The van der Waals surface area contributed by atoms with Crippen LogP contribution in [0.2, 0.25) is 0 Å². The summed E-state index contributed by atoms with van der Waals surface area (Å²) >= 11 is 1.08. The minimum Gasteiger partial charge on any atom is -0.486 e. The van der Waals surface area contributed by atoms with Crippen LogP contribution in [-0.4, -0.2) is 44.6 Å². The van der Waals surface area contributed by atoms with Crippen molar-refractivity contribution in [1.82, 2.24) is 19.7 Å². The van der Waals surface area contributed by atoms with E-state index in [0.29, 0.717) is 47.1 Å². The number of rotatable bonds is 5. The van der Waals surface area contributed by atoms with E-state index in [9.17, 15) is 14.0 Å². The van der Waals surface area contributed by atoms with E-state index in [1.54, 1.807) is 18.2 Å². The molecule has 1 aliphatic heterocycles. The monoisotopic (exact) mass is 453 g/mol. The maximum atomic E-state index is 13.2. The number of thioether (sulfide) groups is 1. The zero-order chi connectivity index (χ0) is 22.1. The van der Waals surface area contributed by atoms with E-state index in [2.05, 4.69) is 20.4 Å². The van der Waals surface area contributed by atoms with Gasteiger partial charge in [-0.2, -0.15) is 5.10 Å². The molecule has 0 bridgehead atoms. The normalized spacial score (nSPS) is 12.7. The van der Waals surface area contributed by atoms with Crippen LogP contribution in [0.4, 0.5) is 10.1 Å². The number of aromatic amines is 1. The number of anilines is 1. The Balaban J connectivity index is 1.32. The number of nitrogens with zero attached hydrogens (tertiary/aromatic N) is 3. The van der Waals surface area contributed by atoms with Crippen molar-refractivity contribution >= 4 is 34.4 Å². The quantitative estimate of drug-likeness (QED) is 0.353. The van der Waals surface area contributed by atoms with Crippen molar-refractivity contribution in [2.45, 2.75) is 5.16 Å². The van der Waals surface area contributed by atoms with Crippen LogP contribution in [-0.2, 0) is 4.79 Å². The lowest BCUT2D eigenvalue weighted by Crippen LogP contribution is -2.17. The number of fused-ring (bicyclic) bond motifs is 2. The smallest absolute Gasteiger partial charge is 0.262 e. The van der Waals surface area contributed by atoms with Crippen molar-refractivity contribution in [3.63, 3.8) is 0 Å². The molecule has 0 radical (unpaired) electrons. The van der Waals surface area contributed by atoms with Crippen LogP contribution in [0.1, 0.15) is 0 Å². The summed E-state index contributed by atoms with van der Waals surface area (Å²) in [5.41, 5.74) is 1.08.